The first-order valence-corrected chi connectivity index (χ1v) is 6.25. The summed E-state index contributed by atoms with van der Waals surface area (Å²) in [5.74, 6) is 0. The van der Waals surface area contributed by atoms with Gasteiger partial charge in [-0.15, -0.1) is 0 Å². The maximum atomic E-state index is 9.22. The molecule has 0 aliphatic carbocycles. The van der Waals surface area contributed by atoms with Crippen LogP contribution in [0.15, 0.2) is 42.7 Å². The Labute approximate surface area is 105 Å². The van der Waals surface area contributed by atoms with Crippen LogP contribution in [0.1, 0.15) is 0 Å². The lowest BCUT2D eigenvalue weighted by Gasteiger charge is -1.98. The molecule has 6 nitrogen and oxygen atoms in total. The molecule has 0 aliphatic rings. The van der Waals surface area contributed by atoms with Gasteiger partial charge in [0.15, 0.2) is 0 Å². The van der Waals surface area contributed by atoms with Crippen LogP contribution in [0.25, 0.3) is 10.8 Å². The van der Waals surface area contributed by atoms with E-state index in [1.807, 2.05) is 30.6 Å². The quantitative estimate of drug-likeness (QED) is 0.445. The zero-order valence-electron chi connectivity index (χ0n) is 9.94. The van der Waals surface area contributed by atoms with E-state index < -0.39 is 10.4 Å². The Hall–Kier alpha value is -1.70. The zero-order chi connectivity index (χ0) is 13.6. The number of hydrogen-bond acceptors (Lipinski definition) is 5. The lowest BCUT2D eigenvalue weighted by atomic mass is 10.2. The van der Waals surface area contributed by atoms with Gasteiger partial charge in [-0.05, 0) is 11.5 Å². The third-order valence-electron chi connectivity index (χ3n) is 2.08. The average molecular weight is 271 g/mol. The predicted molar refractivity (Wildman–Crippen MR) is 63.4 cm³/mol. The van der Waals surface area contributed by atoms with Crippen molar-refractivity contribution in [2.75, 3.05) is 14.2 Å². The van der Waals surface area contributed by atoms with E-state index in [2.05, 4.69) is 16.3 Å². The summed E-state index contributed by atoms with van der Waals surface area (Å²) in [5.41, 5.74) is 0. The summed E-state index contributed by atoms with van der Waals surface area (Å²) in [5, 5.41) is 2.41. The molecule has 1 heterocycles. The smallest absolute Gasteiger partial charge is 0.230 e. The van der Waals surface area contributed by atoms with Gasteiger partial charge in [0, 0.05) is 10.8 Å². The van der Waals surface area contributed by atoms with E-state index in [1.165, 1.54) is 10.8 Å². The Balaban J connectivity index is 0.000000232. The highest BCUT2D eigenvalue weighted by atomic mass is 32.3. The molecule has 0 fully saturated rings. The highest BCUT2D eigenvalue weighted by Gasteiger charge is 1.99. The first kappa shape index (κ1) is 14.4. The average Bonchev–Trinajstić information content (AvgIpc) is 2.38. The fourth-order valence-corrected chi connectivity index (χ4v) is 1.23. The molecule has 1 aromatic heterocycles. The molecule has 0 amide bonds. The molecule has 2 aromatic rings. The second-order valence-electron chi connectivity index (χ2n) is 3.19. The van der Waals surface area contributed by atoms with Crippen LogP contribution in [0.5, 0.6) is 0 Å². The summed E-state index contributed by atoms with van der Waals surface area (Å²) in [6.07, 6.45) is 3.84. The summed E-state index contributed by atoms with van der Waals surface area (Å²) in [6, 6.07) is 10.2. The van der Waals surface area contributed by atoms with Crippen LogP contribution in [-0.2, 0) is 14.6 Å². The molecule has 0 atom stereocenters. The number of fused-ring (bicyclic) bond motifs is 1. The SMILES string of the molecule is COS(=O)(=O)[O-].CO[n+]1ccc2ccccc2c1. The standard InChI is InChI=1S/C10H10NO.CH4O4S/c1-12-11-7-6-9-4-2-3-5-10(9)8-11;1-5-6(2,3)4/h2-8H,1H3;1H3,(H,2,3,4)/q+1;/p-1. The molecular formula is C11H13NO5S. The van der Waals surface area contributed by atoms with Crippen molar-refractivity contribution >= 4 is 21.2 Å². The molecule has 0 aliphatic heterocycles. The summed E-state index contributed by atoms with van der Waals surface area (Å²) in [7, 11) is -1.96. The van der Waals surface area contributed by atoms with Crippen LogP contribution in [0.4, 0.5) is 0 Å². The Morgan fingerprint density at radius 1 is 1.11 bits per heavy atom. The van der Waals surface area contributed by atoms with Crippen molar-refractivity contribution in [2.45, 2.75) is 0 Å². The van der Waals surface area contributed by atoms with Crippen LogP contribution in [0, 0.1) is 0 Å². The van der Waals surface area contributed by atoms with Crippen LogP contribution in [-0.4, -0.2) is 27.2 Å². The van der Waals surface area contributed by atoms with E-state index in [0.29, 0.717) is 0 Å². The zero-order valence-corrected chi connectivity index (χ0v) is 10.8. The first-order valence-electron chi connectivity index (χ1n) is 4.92. The van der Waals surface area contributed by atoms with Gasteiger partial charge < -0.3 is 4.55 Å². The number of aromatic nitrogens is 1. The van der Waals surface area contributed by atoms with Crippen LogP contribution in [0.3, 0.4) is 0 Å². The normalized spacial score (nSPS) is 10.6. The number of nitrogens with zero attached hydrogens (tertiary/aromatic N) is 1. The molecule has 0 bridgehead atoms. The van der Waals surface area contributed by atoms with Gasteiger partial charge in [-0.2, -0.15) is 0 Å². The van der Waals surface area contributed by atoms with E-state index in [4.69, 9.17) is 4.84 Å². The first-order chi connectivity index (χ1) is 8.46. The molecular weight excluding hydrogens is 258 g/mol. The second-order valence-corrected chi connectivity index (χ2v) is 4.34. The molecule has 98 valence electrons. The van der Waals surface area contributed by atoms with Crippen LogP contribution < -0.4 is 9.57 Å². The lowest BCUT2D eigenvalue weighted by Crippen LogP contribution is -2.39. The largest absolute Gasteiger partial charge is 0.726 e. The number of rotatable bonds is 2. The molecule has 18 heavy (non-hydrogen) atoms. The van der Waals surface area contributed by atoms with Gasteiger partial charge in [0.2, 0.25) is 22.8 Å². The van der Waals surface area contributed by atoms with Gasteiger partial charge in [-0.1, -0.05) is 18.2 Å². The molecule has 0 spiro atoms. The second kappa shape index (κ2) is 6.29. The number of pyridine rings is 1. The van der Waals surface area contributed by atoms with Gasteiger partial charge in [-0.25, -0.2) is 8.42 Å². The summed E-state index contributed by atoms with van der Waals surface area (Å²) >= 11 is 0. The van der Waals surface area contributed by atoms with Crippen molar-refractivity contribution in [2.24, 2.45) is 0 Å². The fraction of sp³-hybridized carbons (Fsp3) is 0.182. The van der Waals surface area contributed by atoms with Crippen molar-refractivity contribution in [3.8, 4) is 0 Å². The lowest BCUT2D eigenvalue weighted by molar-refractivity contribution is -0.884. The maximum absolute atomic E-state index is 9.22. The number of benzene rings is 1. The van der Waals surface area contributed by atoms with Gasteiger partial charge in [0.05, 0.1) is 12.5 Å². The molecule has 2 rings (SSSR count). The minimum atomic E-state index is -4.41. The Kier molecular flexibility index (Phi) is 5.02. The molecule has 7 heteroatoms. The minimum absolute atomic E-state index is 0.808. The van der Waals surface area contributed by atoms with Crippen molar-refractivity contribution in [3.05, 3.63) is 42.7 Å². The Morgan fingerprint density at radius 2 is 1.67 bits per heavy atom. The van der Waals surface area contributed by atoms with Gasteiger partial charge in [0.25, 0.3) is 0 Å². The van der Waals surface area contributed by atoms with E-state index in [-0.39, 0.29) is 0 Å². The molecule has 0 N–H and O–H groups in total. The molecule has 0 unspecified atom stereocenters. The Bertz CT molecular complexity index is 612. The van der Waals surface area contributed by atoms with E-state index in [1.54, 1.807) is 11.8 Å². The van der Waals surface area contributed by atoms with E-state index in [9.17, 15) is 13.0 Å². The van der Waals surface area contributed by atoms with Gasteiger partial charge >= 0.3 is 0 Å². The third kappa shape index (κ3) is 4.66. The summed E-state index contributed by atoms with van der Waals surface area (Å²) in [4.78, 5) is 5.04. The van der Waals surface area contributed by atoms with Crippen LogP contribution in [0.2, 0.25) is 0 Å². The van der Waals surface area contributed by atoms with Crippen molar-refractivity contribution < 1.29 is 26.7 Å². The molecule has 0 saturated heterocycles. The van der Waals surface area contributed by atoms with Gasteiger partial charge in [0.1, 0.15) is 7.11 Å². The van der Waals surface area contributed by atoms with E-state index >= 15 is 0 Å². The molecule has 0 radical (unpaired) electrons. The van der Waals surface area contributed by atoms with Crippen molar-refractivity contribution in [1.82, 2.24) is 0 Å². The predicted octanol–water partition coefficient (Wildman–Crippen LogP) is 0.279. The monoisotopic (exact) mass is 271 g/mol. The fourth-order valence-electron chi connectivity index (χ4n) is 1.23. The molecule has 1 aromatic carbocycles. The maximum Gasteiger partial charge on any atom is 0.230 e. The van der Waals surface area contributed by atoms with Crippen molar-refractivity contribution in [1.29, 1.82) is 0 Å². The Morgan fingerprint density at radius 3 is 2.17 bits per heavy atom. The third-order valence-corrected chi connectivity index (χ3v) is 2.49. The highest BCUT2D eigenvalue weighted by molar-refractivity contribution is 7.80. The summed E-state index contributed by atoms with van der Waals surface area (Å²) < 4.78 is 32.7. The molecule has 0 saturated carbocycles. The number of hydrogen-bond donors (Lipinski definition) is 0. The van der Waals surface area contributed by atoms with Crippen molar-refractivity contribution in [3.63, 3.8) is 0 Å². The highest BCUT2D eigenvalue weighted by Crippen LogP contribution is 2.08. The van der Waals surface area contributed by atoms with Gasteiger partial charge in [-0.3, -0.25) is 9.02 Å². The topological polar surface area (TPSA) is 79.5 Å². The van der Waals surface area contributed by atoms with E-state index in [0.717, 1.165) is 7.11 Å². The summed E-state index contributed by atoms with van der Waals surface area (Å²) in [6.45, 7) is 0. The van der Waals surface area contributed by atoms with Crippen LogP contribution >= 0.6 is 0 Å². The minimum Gasteiger partial charge on any atom is -0.726 e.